The smallest absolute Gasteiger partial charge is 0.00554 e. The lowest BCUT2D eigenvalue weighted by Gasteiger charge is -1.70. The lowest BCUT2D eigenvalue weighted by Crippen LogP contribution is -1.93. The fourth-order valence-electron chi connectivity index (χ4n) is 0. The highest BCUT2D eigenvalue weighted by atomic mass is 79.9. The van der Waals surface area contributed by atoms with E-state index >= 15 is 0 Å². The van der Waals surface area contributed by atoms with E-state index in [1.54, 1.807) is 0 Å². The predicted molar refractivity (Wildman–Crippen MR) is 32.5 cm³/mol. The Morgan fingerprint density at radius 1 is 1.50 bits per heavy atom. The van der Waals surface area contributed by atoms with Gasteiger partial charge in [-0.3, -0.25) is 4.76 Å². The highest BCUT2D eigenvalue weighted by Crippen LogP contribution is 1.57. The van der Waals surface area contributed by atoms with Crippen LogP contribution in [0.2, 0.25) is 0 Å². The largest absolute Gasteiger partial charge is 0.330 e. The van der Waals surface area contributed by atoms with Gasteiger partial charge in [0.25, 0.3) is 0 Å². The van der Waals surface area contributed by atoms with Gasteiger partial charge in [-0.25, -0.2) is 0 Å². The molecule has 0 aliphatic rings. The van der Waals surface area contributed by atoms with E-state index in [0.29, 0.717) is 0 Å². The molecule has 0 rings (SSSR count). The third-order valence-electron chi connectivity index (χ3n) is 0.289. The number of rotatable bonds is 1. The van der Waals surface area contributed by atoms with Crippen molar-refractivity contribution in [2.45, 2.75) is 13.3 Å². The normalized spacial score (nSPS) is 6.00. The molecule has 0 fully saturated rings. The van der Waals surface area contributed by atoms with Crippen LogP contribution >= 0.6 is 16.1 Å². The SMILES string of the molecule is CCCN.NBr. The number of nitrogens with two attached hydrogens (primary N) is 2. The quantitative estimate of drug-likeness (QED) is 0.545. The predicted octanol–water partition coefficient (Wildman–Crippen LogP) is 0.610. The van der Waals surface area contributed by atoms with E-state index in [4.69, 9.17) is 5.73 Å². The van der Waals surface area contributed by atoms with Gasteiger partial charge in [-0.05, 0) is 13.0 Å². The molecule has 2 nitrogen and oxygen atoms in total. The molecule has 0 spiro atoms. The average Bonchev–Trinajstić information content (AvgIpc) is 1.72. The molecule has 0 unspecified atom stereocenters. The Balaban J connectivity index is 0. The molecule has 40 valence electrons. The van der Waals surface area contributed by atoms with Gasteiger partial charge in [-0.1, -0.05) is 6.92 Å². The summed E-state index contributed by atoms with van der Waals surface area (Å²) < 4.78 is 4.31. The zero-order valence-corrected chi connectivity index (χ0v) is 5.53. The van der Waals surface area contributed by atoms with Crippen LogP contribution in [-0.2, 0) is 0 Å². The Labute approximate surface area is 47.2 Å². The van der Waals surface area contributed by atoms with Gasteiger partial charge in [-0.2, -0.15) is 0 Å². The summed E-state index contributed by atoms with van der Waals surface area (Å²) >= 11 is 2.44. The summed E-state index contributed by atoms with van der Waals surface area (Å²) in [6, 6.07) is 0. The first kappa shape index (κ1) is 9.64. The lowest BCUT2D eigenvalue weighted by atomic mass is 10.5. The molecule has 0 atom stereocenters. The van der Waals surface area contributed by atoms with Crippen LogP contribution in [0.25, 0.3) is 0 Å². The van der Waals surface area contributed by atoms with E-state index in [-0.39, 0.29) is 0 Å². The summed E-state index contributed by atoms with van der Waals surface area (Å²) in [5.41, 5.74) is 5.03. The zero-order chi connectivity index (χ0) is 5.41. The Kier molecular flexibility index (Phi) is 29.2. The molecule has 0 saturated heterocycles. The minimum absolute atomic E-state index is 0.819. The third kappa shape index (κ3) is 26.0. The standard InChI is InChI=1S/C3H9N.BrH2N/c1-2-3-4;1-2/h2-4H2,1H3;2H2. The molecule has 0 aromatic rings. The third-order valence-corrected chi connectivity index (χ3v) is 0.289. The van der Waals surface area contributed by atoms with Crippen molar-refractivity contribution in [2.75, 3.05) is 6.54 Å². The summed E-state index contributed by atoms with van der Waals surface area (Å²) in [7, 11) is 0. The molecule has 0 saturated carbocycles. The van der Waals surface area contributed by atoms with Crippen LogP contribution in [0.15, 0.2) is 0 Å². The maximum Gasteiger partial charge on any atom is 0.00554 e. The number of hydrogen-bond acceptors (Lipinski definition) is 2. The average molecular weight is 155 g/mol. The van der Waals surface area contributed by atoms with Crippen LogP contribution in [0, 0.1) is 0 Å². The second-order valence-electron chi connectivity index (χ2n) is 0.789. The fourth-order valence-corrected chi connectivity index (χ4v) is 0. The monoisotopic (exact) mass is 154 g/mol. The van der Waals surface area contributed by atoms with Crippen molar-refractivity contribution in [2.24, 2.45) is 10.5 Å². The molecule has 4 N–H and O–H groups in total. The topological polar surface area (TPSA) is 52.0 Å². The molecule has 0 aromatic heterocycles. The molecule has 0 aliphatic carbocycles. The summed E-state index contributed by atoms with van der Waals surface area (Å²) in [6.45, 7) is 2.88. The van der Waals surface area contributed by atoms with Crippen LogP contribution in [-0.4, -0.2) is 6.54 Å². The van der Waals surface area contributed by atoms with E-state index in [2.05, 4.69) is 27.8 Å². The van der Waals surface area contributed by atoms with Crippen molar-refractivity contribution in [1.82, 2.24) is 0 Å². The van der Waals surface area contributed by atoms with Gasteiger partial charge in [0.15, 0.2) is 0 Å². The summed E-state index contributed by atoms with van der Waals surface area (Å²) in [6.07, 6.45) is 1.10. The van der Waals surface area contributed by atoms with Crippen molar-refractivity contribution in [3.8, 4) is 0 Å². The van der Waals surface area contributed by atoms with Gasteiger partial charge >= 0.3 is 0 Å². The van der Waals surface area contributed by atoms with Gasteiger partial charge in [0, 0.05) is 16.1 Å². The van der Waals surface area contributed by atoms with Crippen LogP contribution in [0.3, 0.4) is 0 Å². The Morgan fingerprint density at radius 3 is 1.67 bits per heavy atom. The van der Waals surface area contributed by atoms with Gasteiger partial charge < -0.3 is 5.73 Å². The van der Waals surface area contributed by atoms with Gasteiger partial charge in [0.1, 0.15) is 0 Å². The van der Waals surface area contributed by atoms with Crippen LogP contribution in [0.5, 0.6) is 0 Å². The van der Waals surface area contributed by atoms with Crippen molar-refractivity contribution in [1.29, 1.82) is 0 Å². The van der Waals surface area contributed by atoms with Gasteiger partial charge in [0.2, 0.25) is 0 Å². The van der Waals surface area contributed by atoms with Gasteiger partial charge in [0.05, 0.1) is 0 Å². The first-order valence-electron chi connectivity index (χ1n) is 1.83. The zero-order valence-electron chi connectivity index (χ0n) is 3.95. The van der Waals surface area contributed by atoms with Gasteiger partial charge in [-0.15, -0.1) is 0 Å². The highest BCUT2D eigenvalue weighted by molar-refractivity contribution is 9.07. The summed E-state index contributed by atoms with van der Waals surface area (Å²) in [5, 5.41) is 0. The van der Waals surface area contributed by atoms with Crippen molar-refractivity contribution < 1.29 is 0 Å². The maximum absolute atomic E-state index is 5.03. The second kappa shape index (κ2) is 18.2. The first-order chi connectivity index (χ1) is 2.91. The first-order valence-corrected chi connectivity index (χ1v) is 2.75. The second-order valence-corrected chi connectivity index (χ2v) is 0.789. The molecular formula is C3H11BrN2. The highest BCUT2D eigenvalue weighted by Gasteiger charge is 1.55. The summed E-state index contributed by atoms with van der Waals surface area (Å²) in [4.78, 5) is 0. The fraction of sp³-hybridized carbons (Fsp3) is 1.00. The van der Waals surface area contributed by atoms with E-state index in [0.717, 1.165) is 13.0 Å². The van der Waals surface area contributed by atoms with E-state index < -0.39 is 0 Å². The number of halogens is 1. The minimum atomic E-state index is 0.819. The number of hydrogen-bond donors (Lipinski definition) is 2. The molecular weight excluding hydrogens is 144 g/mol. The van der Waals surface area contributed by atoms with Crippen LogP contribution < -0.4 is 10.5 Å². The molecule has 0 radical (unpaired) electrons. The Hall–Kier alpha value is 0.400. The Morgan fingerprint density at radius 2 is 1.67 bits per heavy atom. The van der Waals surface area contributed by atoms with E-state index in [1.165, 1.54) is 0 Å². The Bertz CT molecular complexity index is 10.8. The van der Waals surface area contributed by atoms with Crippen molar-refractivity contribution in [3.63, 3.8) is 0 Å². The van der Waals surface area contributed by atoms with Crippen LogP contribution in [0.1, 0.15) is 13.3 Å². The molecule has 0 amide bonds. The molecule has 6 heavy (non-hydrogen) atoms. The van der Waals surface area contributed by atoms with Crippen molar-refractivity contribution in [3.05, 3.63) is 0 Å². The molecule has 0 aliphatic heterocycles. The molecule has 3 heteroatoms. The summed E-state index contributed by atoms with van der Waals surface area (Å²) in [5.74, 6) is 0. The molecule has 0 aromatic carbocycles. The van der Waals surface area contributed by atoms with E-state index in [1.807, 2.05) is 0 Å². The van der Waals surface area contributed by atoms with E-state index in [9.17, 15) is 0 Å². The van der Waals surface area contributed by atoms with Crippen LogP contribution in [0.4, 0.5) is 0 Å². The molecule has 0 bridgehead atoms. The van der Waals surface area contributed by atoms with Crippen molar-refractivity contribution >= 4 is 16.1 Å². The molecule has 0 heterocycles. The lowest BCUT2D eigenvalue weighted by molar-refractivity contribution is 0.932. The maximum atomic E-state index is 5.03. The minimum Gasteiger partial charge on any atom is -0.330 e.